The highest BCUT2D eigenvalue weighted by molar-refractivity contribution is 5.71. The molecule has 17 heavy (non-hydrogen) atoms. The van der Waals surface area contributed by atoms with E-state index in [9.17, 15) is 9.90 Å². The number of esters is 1. The van der Waals surface area contributed by atoms with Crippen LogP contribution in [0.4, 0.5) is 0 Å². The molecule has 0 aromatic heterocycles. The van der Waals surface area contributed by atoms with Gasteiger partial charge in [-0.25, -0.2) is 0 Å². The van der Waals surface area contributed by atoms with Gasteiger partial charge in [-0.2, -0.15) is 0 Å². The van der Waals surface area contributed by atoms with Crippen LogP contribution in [0.3, 0.4) is 0 Å². The molecule has 0 saturated carbocycles. The molecule has 1 aromatic carbocycles. The standard InChI is InChI=1S/C12H15NO4/c1-2-16-12(15)6-13-10-7-17-11-5-8(14)3-4-9(10)11/h3-5,10,13-14H,2,6-7H2,1H3. The zero-order chi connectivity index (χ0) is 12.3. The molecule has 0 spiro atoms. The number of aromatic hydroxyl groups is 1. The molecule has 1 aliphatic heterocycles. The minimum atomic E-state index is -0.278. The number of phenols is 1. The molecule has 0 saturated heterocycles. The van der Waals surface area contributed by atoms with Crippen LogP contribution in [0.2, 0.25) is 0 Å². The molecule has 1 heterocycles. The molecule has 1 atom stereocenters. The lowest BCUT2D eigenvalue weighted by Gasteiger charge is -2.10. The highest BCUT2D eigenvalue weighted by Gasteiger charge is 2.24. The molecule has 2 rings (SSSR count). The summed E-state index contributed by atoms with van der Waals surface area (Å²) in [5, 5.41) is 12.4. The van der Waals surface area contributed by atoms with E-state index in [1.165, 1.54) is 0 Å². The highest BCUT2D eigenvalue weighted by atomic mass is 16.5. The van der Waals surface area contributed by atoms with Crippen LogP contribution in [0.25, 0.3) is 0 Å². The normalized spacial score (nSPS) is 17.4. The molecule has 0 bridgehead atoms. The van der Waals surface area contributed by atoms with Gasteiger partial charge in [0.25, 0.3) is 0 Å². The summed E-state index contributed by atoms with van der Waals surface area (Å²) in [5.74, 6) is 0.556. The summed E-state index contributed by atoms with van der Waals surface area (Å²) in [6.07, 6.45) is 0. The Labute approximate surface area is 99.3 Å². The largest absolute Gasteiger partial charge is 0.508 e. The Morgan fingerprint density at radius 3 is 3.24 bits per heavy atom. The molecule has 1 aliphatic rings. The zero-order valence-corrected chi connectivity index (χ0v) is 9.60. The molecule has 1 aromatic rings. The number of rotatable bonds is 4. The van der Waals surface area contributed by atoms with Gasteiger partial charge in [0, 0.05) is 11.6 Å². The quantitative estimate of drug-likeness (QED) is 0.764. The summed E-state index contributed by atoms with van der Waals surface area (Å²) in [5.41, 5.74) is 0.951. The molecule has 2 N–H and O–H groups in total. The number of benzene rings is 1. The van der Waals surface area contributed by atoms with E-state index >= 15 is 0 Å². The molecule has 0 amide bonds. The molecule has 1 unspecified atom stereocenters. The smallest absolute Gasteiger partial charge is 0.319 e. The lowest BCUT2D eigenvalue weighted by atomic mass is 10.1. The van der Waals surface area contributed by atoms with Gasteiger partial charge >= 0.3 is 5.97 Å². The fraction of sp³-hybridized carbons (Fsp3) is 0.417. The number of nitrogens with one attached hydrogen (secondary N) is 1. The second kappa shape index (κ2) is 5.05. The molecular weight excluding hydrogens is 222 g/mol. The Bertz CT molecular complexity index is 419. The van der Waals surface area contributed by atoms with E-state index in [-0.39, 0.29) is 24.3 Å². The van der Waals surface area contributed by atoms with Crippen molar-refractivity contribution in [2.75, 3.05) is 19.8 Å². The van der Waals surface area contributed by atoms with Crippen molar-refractivity contribution < 1.29 is 19.4 Å². The van der Waals surface area contributed by atoms with Crippen molar-refractivity contribution in [3.8, 4) is 11.5 Å². The Balaban J connectivity index is 1.95. The fourth-order valence-corrected chi connectivity index (χ4v) is 1.79. The lowest BCUT2D eigenvalue weighted by Crippen LogP contribution is -2.29. The first-order valence-electron chi connectivity index (χ1n) is 5.55. The van der Waals surface area contributed by atoms with Crippen LogP contribution in [0.15, 0.2) is 18.2 Å². The fourth-order valence-electron chi connectivity index (χ4n) is 1.79. The summed E-state index contributed by atoms with van der Waals surface area (Å²) < 4.78 is 10.2. The van der Waals surface area contributed by atoms with Crippen LogP contribution in [-0.4, -0.2) is 30.8 Å². The first kappa shape index (κ1) is 11.7. The minimum Gasteiger partial charge on any atom is -0.508 e. The molecule has 5 nitrogen and oxygen atoms in total. The van der Waals surface area contributed by atoms with Crippen LogP contribution in [-0.2, 0) is 9.53 Å². The highest BCUT2D eigenvalue weighted by Crippen LogP contribution is 2.34. The summed E-state index contributed by atoms with van der Waals surface area (Å²) in [6, 6.07) is 4.93. The molecule has 0 fully saturated rings. The number of fused-ring (bicyclic) bond motifs is 1. The van der Waals surface area contributed by atoms with Crippen molar-refractivity contribution in [1.29, 1.82) is 0 Å². The number of ether oxygens (including phenoxy) is 2. The Morgan fingerprint density at radius 1 is 1.65 bits per heavy atom. The van der Waals surface area contributed by atoms with E-state index in [0.717, 1.165) is 5.56 Å². The third-order valence-electron chi connectivity index (χ3n) is 2.58. The number of carbonyl (C=O) groups is 1. The van der Waals surface area contributed by atoms with E-state index in [0.29, 0.717) is 19.0 Å². The predicted octanol–water partition coefficient (Wildman–Crippen LogP) is 0.978. The SMILES string of the molecule is CCOC(=O)CNC1COc2cc(O)ccc21. The minimum absolute atomic E-state index is 0.0324. The third-order valence-corrected chi connectivity index (χ3v) is 2.58. The first-order valence-corrected chi connectivity index (χ1v) is 5.55. The van der Waals surface area contributed by atoms with Crippen molar-refractivity contribution in [1.82, 2.24) is 5.32 Å². The number of hydrogen-bond donors (Lipinski definition) is 2. The van der Waals surface area contributed by atoms with Gasteiger partial charge in [-0.15, -0.1) is 0 Å². The number of phenolic OH excluding ortho intramolecular Hbond substituents is 1. The second-order valence-corrected chi connectivity index (χ2v) is 3.77. The monoisotopic (exact) mass is 237 g/mol. The molecule has 0 radical (unpaired) electrons. The molecule has 5 heteroatoms. The summed E-state index contributed by atoms with van der Waals surface area (Å²) in [4.78, 5) is 11.2. The van der Waals surface area contributed by atoms with Crippen molar-refractivity contribution in [3.63, 3.8) is 0 Å². The maximum atomic E-state index is 11.2. The summed E-state index contributed by atoms with van der Waals surface area (Å²) in [7, 11) is 0. The summed E-state index contributed by atoms with van der Waals surface area (Å²) in [6.45, 7) is 2.77. The van der Waals surface area contributed by atoms with Crippen LogP contribution in [0.1, 0.15) is 18.5 Å². The van der Waals surface area contributed by atoms with Crippen LogP contribution in [0, 0.1) is 0 Å². The van der Waals surface area contributed by atoms with E-state index in [4.69, 9.17) is 9.47 Å². The van der Waals surface area contributed by atoms with Crippen LogP contribution >= 0.6 is 0 Å². The average molecular weight is 237 g/mol. The van der Waals surface area contributed by atoms with Gasteiger partial charge in [-0.1, -0.05) is 0 Å². The van der Waals surface area contributed by atoms with Crippen molar-refractivity contribution in [2.24, 2.45) is 0 Å². The predicted molar refractivity (Wildman–Crippen MR) is 61.0 cm³/mol. The zero-order valence-electron chi connectivity index (χ0n) is 9.60. The van der Waals surface area contributed by atoms with Gasteiger partial charge in [-0.05, 0) is 19.1 Å². The Hall–Kier alpha value is -1.75. The lowest BCUT2D eigenvalue weighted by molar-refractivity contribution is -0.142. The van der Waals surface area contributed by atoms with Gasteiger partial charge in [0.05, 0.1) is 19.2 Å². The van der Waals surface area contributed by atoms with Crippen molar-refractivity contribution in [2.45, 2.75) is 13.0 Å². The maximum absolute atomic E-state index is 11.2. The van der Waals surface area contributed by atoms with Gasteiger partial charge in [0.15, 0.2) is 0 Å². The van der Waals surface area contributed by atoms with Gasteiger partial charge in [-0.3, -0.25) is 10.1 Å². The summed E-state index contributed by atoms with van der Waals surface area (Å²) >= 11 is 0. The van der Waals surface area contributed by atoms with Gasteiger partial charge < -0.3 is 14.6 Å². The van der Waals surface area contributed by atoms with Crippen LogP contribution in [0.5, 0.6) is 11.5 Å². The van der Waals surface area contributed by atoms with E-state index in [1.54, 1.807) is 25.1 Å². The Morgan fingerprint density at radius 2 is 2.47 bits per heavy atom. The van der Waals surface area contributed by atoms with Gasteiger partial charge in [0.2, 0.25) is 0 Å². The topological polar surface area (TPSA) is 67.8 Å². The second-order valence-electron chi connectivity index (χ2n) is 3.77. The average Bonchev–Trinajstić information content (AvgIpc) is 2.69. The van der Waals surface area contributed by atoms with E-state index < -0.39 is 0 Å². The van der Waals surface area contributed by atoms with E-state index in [1.807, 2.05) is 0 Å². The number of hydrogen-bond acceptors (Lipinski definition) is 5. The van der Waals surface area contributed by atoms with Crippen molar-refractivity contribution in [3.05, 3.63) is 23.8 Å². The molecule has 0 aliphatic carbocycles. The number of carbonyl (C=O) groups excluding carboxylic acids is 1. The Kier molecular flexibility index (Phi) is 3.49. The first-order chi connectivity index (χ1) is 8.20. The maximum Gasteiger partial charge on any atom is 0.319 e. The van der Waals surface area contributed by atoms with E-state index in [2.05, 4.69) is 5.32 Å². The van der Waals surface area contributed by atoms with Crippen LogP contribution < -0.4 is 10.1 Å². The molecular formula is C12H15NO4. The van der Waals surface area contributed by atoms with Crippen molar-refractivity contribution >= 4 is 5.97 Å². The third kappa shape index (κ3) is 2.68. The molecule has 92 valence electrons. The van der Waals surface area contributed by atoms with Gasteiger partial charge in [0.1, 0.15) is 18.1 Å².